The first kappa shape index (κ1) is 25.6. The molecule has 0 spiro atoms. The Hall–Kier alpha value is -4.07. The molecule has 0 bridgehead atoms. The van der Waals surface area contributed by atoms with Crippen LogP contribution in [0.25, 0.3) is 11.1 Å². The van der Waals surface area contributed by atoms with Crippen molar-refractivity contribution in [3.63, 3.8) is 0 Å². The number of hydrogen-bond acceptors (Lipinski definition) is 5. The summed E-state index contributed by atoms with van der Waals surface area (Å²) in [7, 11) is 0. The molecule has 35 heavy (non-hydrogen) atoms. The smallest absolute Gasteiger partial charge is 0.269 e. The zero-order valence-corrected chi connectivity index (χ0v) is 19.4. The van der Waals surface area contributed by atoms with Gasteiger partial charge in [-0.15, -0.1) is 0 Å². The number of aliphatic hydroxyl groups excluding tert-OH is 1. The summed E-state index contributed by atoms with van der Waals surface area (Å²) in [5.41, 5.74) is 2.98. The Balaban J connectivity index is 0.00000342. The highest BCUT2D eigenvalue weighted by atomic mass is 35.5. The maximum atomic E-state index is 12.6. The summed E-state index contributed by atoms with van der Waals surface area (Å²) in [6.45, 7) is 0.481. The summed E-state index contributed by atoms with van der Waals surface area (Å²) in [6.07, 6.45) is 3.13. The summed E-state index contributed by atoms with van der Waals surface area (Å²) in [4.78, 5) is 22.8. The number of ketones is 1. The largest absolute Gasteiger partial charge is 1.00 e. The third-order valence-corrected chi connectivity index (χ3v) is 5.32. The van der Waals surface area contributed by atoms with Crippen LogP contribution in [0.4, 0.5) is 5.69 Å². The summed E-state index contributed by atoms with van der Waals surface area (Å²) in [6, 6.07) is 26.1. The molecule has 3 aromatic carbocycles. The number of nitrogens with zero attached hydrogens (tertiary/aromatic N) is 2. The number of carbonyl (C=O) groups is 1. The van der Waals surface area contributed by atoms with E-state index in [4.69, 9.17) is 4.74 Å². The Morgan fingerprint density at radius 3 is 1.97 bits per heavy atom. The second-order valence-electron chi connectivity index (χ2n) is 7.77. The lowest BCUT2D eigenvalue weighted by Crippen LogP contribution is -3.00. The SMILES string of the molecule is O=C(c1ccc(OC[C@H](O)C[n+]2ccc(-c3ccccc3)cc2)cc1)c1ccc([N+](=O)[O-])cc1.[Cl-]. The van der Waals surface area contributed by atoms with Gasteiger partial charge in [0.15, 0.2) is 24.7 Å². The molecule has 8 heteroatoms. The Labute approximate surface area is 208 Å². The van der Waals surface area contributed by atoms with E-state index in [-0.39, 0.29) is 30.5 Å². The molecule has 1 heterocycles. The van der Waals surface area contributed by atoms with Crippen molar-refractivity contribution in [2.45, 2.75) is 12.6 Å². The van der Waals surface area contributed by atoms with Crippen LogP contribution in [-0.2, 0) is 6.54 Å². The first-order valence-electron chi connectivity index (χ1n) is 10.7. The number of aliphatic hydroxyl groups is 1. The molecule has 1 aromatic heterocycles. The van der Waals surface area contributed by atoms with E-state index in [9.17, 15) is 20.0 Å². The number of non-ortho nitro benzene ring substituents is 1. The third kappa shape index (κ3) is 6.72. The molecule has 0 amide bonds. The number of ether oxygens (including phenoxy) is 1. The van der Waals surface area contributed by atoms with Gasteiger partial charge < -0.3 is 22.3 Å². The molecule has 1 atom stereocenters. The average molecular weight is 491 g/mol. The van der Waals surface area contributed by atoms with Crippen LogP contribution >= 0.6 is 0 Å². The van der Waals surface area contributed by atoms with Crippen molar-refractivity contribution in [2.75, 3.05) is 6.61 Å². The highest BCUT2D eigenvalue weighted by molar-refractivity contribution is 6.09. The number of pyridine rings is 1. The minimum Gasteiger partial charge on any atom is -1.00 e. The van der Waals surface area contributed by atoms with Gasteiger partial charge in [0.1, 0.15) is 18.5 Å². The van der Waals surface area contributed by atoms with Crippen LogP contribution in [0.15, 0.2) is 103 Å². The van der Waals surface area contributed by atoms with Gasteiger partial charge in [-0.1, -0.05) is 30.3 Å². The molecule has 0 aliphatic heterocycles. The highest BCUT2D eigenvalue weighted by Gasteiger charge is 2.14. The van der Waals surface area contributed by atoms with Crippen LogP contribution in [0.2, 0.25) is 0 Å². The van der Waals surface area contributed by atoms with Gasteiger partial charge in [0.05, 0.1) is 4.92 Å². The number of halogens is 1. The van der Waals surface area contributed by atoms with Crippen molar-refractivity contribution >= 4 is 11.5 Å². The molecule has 0 saturated heterocycles. The molecule has 0 radical (unpaired) electrons. The predicted molar refractivity (Wildman–Crippen MR) is 127 cm³/mol. The summed E-state index contributed by atoms with van der Waals surface area (Å²) in [5.74, 6) is 0.292. The first-order chi connectivity index (χ1) is 16.5. The molecule has 178 valence electrons. The fourth-order valence-electron chi connectivity index (χ4n) is 3.49. The zero-order chi connectivity index (χ0) is 23.9. The maximum absolute atomic E-state index is 12.6. The van der Waals surface area contributed by atoms with Crippen molar-refractivity contribution in [3.8, 4) is 16.9 Å². The Bertz CT molecular complexity index is 1260. The number of carbonyl (C=O) groups excluding carboxylic acids is 1. The quantitative estimate of drug-likeness (QED) is 0.165. The lowest BCUT2D eigenvalue weighted by Gasteiger charge is -2.11. The highest BCUT2D eigenvalue weighted by Crippen LogP contribution is 2.19. The average Bonchev–Trinajstić information content (AvgIpc) is 2.88. The minimum absolute atomic E-state index is 0. The first-order valence-corrected chi connectivity index (χ1v) is 10.7. The van der Waals surface area contributed by atoms with Crippen LogP contribution in [0.5, 0.6) is 5.75 Å². The summed E-state index contributed by atoms with van der Waals surface area (Å²) in [5, 5.41) is 21.1. The van der Waals surface area contributed by atoms with E-state index >= 15 is 0 Å². The monoisotopic (exact) mass is 490 g/mol. The number of nitro benzene ring substituents is 1. The van der Waals surface area contributed by atoms with E-state index in [0.29, 0.717) is 23.4 Å². The Kier molecular flexibility index (Phi) is 8.67. The van der Waals surface area contributed by atoms with Crippen molar-refractivity contribution in [1.82, 2.24) is 0 Å². The fraction of sp³-hybridized carbons (Fsp3) is 0.111. The number of aromatic nitrogens is 1. The Morgan fingerprint density at radius 1 is 0.857 bits per heavy atom. The molecule has 4 rings (SSSR count). The van der Waals surface area contributed by atoms with Gasteiger partial charge in [-0.3, -0.25) is 14.9 Å². The molecule has 0 saturated carbocycles. The molecule has 4 aromatic rings. The molecular formula is C27H23ClN2O5. The van der Waals surface area contributed by atoms with Gasteiger partial charge in [-0.2, -0.15) is 0 Å². The van der Waals surface area contributed by atoms with Crippen LogP contribution < -0.4 is 21.7 Å². The molecule has 0 unspecified atom stereocenters. The number of nitro groups is 1. The minimum atomic E-state index is -0.714. The van der Waals surface area contributed by atoms with Gasteiger partial charge in [0.2, 0.25) is 0 Å². The van der Waals surface area contributed by atoms with Crippen molar-refractivity contribution in [1.29, 1.82) is 0 Å². The predicted octanol–water partition coefficient (Wildman–Crippen LogP) is 1.22. The lowest BCUT2D eigenvalue weighted by molar-refractivity contribution is -0.703. The Morgan fingerprint density at radius 2 is 1.40 bits per heavy atom. The summed E-state index contributed by atoms with van der Waals surface area (Å²) < 4.78 is 7.56. The second kappa shape index (κ2) is 11.9. The van der Waals surface area contributed by atoms with Crippen LogP contribution in [0.1, 0.15) is 15.9 Å². The topological polar surface area (TPSA) is 93.6 Å². The van der Waals surface area contributed by atoms with Gasteiger partial charge in [-0.25, -0.2) is 4.57 Å². The van der Waals surface area contributed by atoms with Crippen molar-refractivity contribution < 1.29 is 36.5 Å². The molecule has 0 aliphatic carbocycles. The van der Waals surface area contributed by atoms with E-state index in [1.165, 1.54) is 24.3 Å². The van der Waals surface area contributed by atoms with Crippen molar-refractivity contribution in [2.24, 2.45) is 0 Å². The lowest BCUT2D eigenvalue weighted by atomic mass is 10.0. The van der Waals surface area contributed by atoms with E-state index < -0.39 is 11.0 Å². The van der Waals surface area contributed by atoms with Crippen LogP contribution in [-0.4, -0.2) is 28.5 Å². The van der Waals surface area contributed by atoms with Gasteiger partial charge in [0.25, 0.3) is 5.69 Å². The maximum Gasteiger partial charge on any atom is 0.269 e. The normalized spacial score (nSPS) is 11.2. The molecule has 0 aliphatic rings. The molecule has 0 fully saturated rings. The van der Waals surface area contributed by atoms with Gasteiger partial charge in [0, 0.05) is 35.4 Å². The number of hydrogen-bond donors (Lipinski definition) is 1. The van der Waals surface area contributed by atoms with Crippen LogP contribution in [0.3, 0.4) is 0 Å². The molecular weight excluding hydrogens is 468 g/mol. The standard InChI is InChI=1S/C27H23N2O5.ClH/c30-25(18-28-16-14-21(15-17-28)20-4-2-1-3-5-20)19-34-26-12-8-23(9-13-26)27(31)22-6-10-24(11-7-22)29(32)33;/h1-17,25,30H,18-19H2;1H/q+1;/p-1/t25-;/m1./s1. The van der Waals surface area contributed by atoms with E-state index in [1.807, 2.05) is 59.4 Å². The van der Waals surface area contributed by atoms with E-state index in [2.05, 4.69) is 0 Å². The van der Waals surface area contributed by atoms with E-state index in [0.717, 1.165) is 11.1 Å². The molecule has 1 N–H and O–H groups in total. The van der Waals surface area contributed by atoms with Gasteiger partial charge >= 0.3 is 0 Å². The molecule has 7 nitrogen and oxygen atoms in total. The fourth-order valence-corrected chi connectivity index (χ4v) is 3.49. The van der Waals surface area contributed by atoms with Crippen molar-refractivity contribution in [3.05, 3.63) is 125 Å². The van der Waals surface area contributed by atoms with E-state index in [1.54, 1.807) is 24.3 Å². The third-order valence-electron chi connectivity index (χ3n) is 5.32. The second-order valence-corrected chi connectivity index (χ2v) is 7.77. The number of rotatable bonds is 9. The number of benzene rings is 3. The van der Waals surface area contributed by atoms with Crippen LogP contribution in [0, 0.1) is 10.1 Å². The zero-order valence-electron chi connectivity index (χ0n) is 18.7. The van der Waals surface area contributed by atoms with Gasteiger partial charge in [-0.05, 0) is 47.5 Å². The summed E-state index contributed by atoms with van der Waals surface area (Å²) >= 11 is 0.